The van der Waals surface area contributed by atoms with E-state index in [4.69, 9.17) is 4.74 Å². The normalized spacial score (nSPS) is 18.6. The van der Waals surface area contributed by atoms with Crippen LogP contribution in [-0.2, 0) is 24.8 Å². The van der Waals surface area contributed by atoms with Crippen molar-refractivity contribution in [3.8, 4) is 0 Å². The predicted molar refractivity (Wildman–Crippen MR) is 133 cm³/mol. The molecule has 35 heavy (non-hydrogen) atoms. The fourth-order valence-corrected chi connectivity index (χ4v) is 7.13. The van der Waals surface area contributed by atoms with Crippen LogP contribution in [0.15, 0.2) is 58.3 Å². The Morgan fingerprint density at radius 3 is 1.74 bits per heavy atom. The van der Waals surface area contributed by atoms with Crippen LogP contribution in [0, 0.1) is 0 Å². The average Bonchev–Trinajstić information content (AvgIpc) is 3.18. The van der Waals surface area contributed by atoms with Crippen molar-refractivity contribution in [1.29, 1.82) is 0 Å². The van der Waals surface area contributed by atoms with Gasteiger partial charge in [0.1, 0.15) is 0 Å². The number of Topliss-reactive ketones (excluding diaryl/α,β-unsaturated/α-hetero) is 1. The molecule has 0 unspecified atom stereocenters. The first-order chi connectivity index (χ1) is 16.8. The third kappa shape index (κ3) is 6.10. The molecule has 0 saturated carbocycles. The molecule has 2 fully saturated rings. The minimum absolute atomic E-state index is 0.00617. The van der Waals surface area contributed by atoms with Gasteiger partial charge in [0.15, 0.2) is 5.78 Å². The second kappa shape index (κ2) is 11.2. The van der Waals surface area contributed by atoms with Crippen molar-refractivity contribution in [2.24, 2.45) is 0 Å². The first-order valence-electron chi connectivity index (χ1n) is 11.8. The Morgan fingerprint density at radius 1 is 0.714 bits per heavy atom. The SMILES string of the molecule is O=C(CNc1ccc(S(=O)(=O)N2CCCCCC2)cc1)c1ccc(S(=O)(=O)N2CCOCC2)cc1. The number of morpholine rings is 1. The van der Waals surface area contributed by atoms with Crippen molar-refractivity contribution in [1.82, 2.24) is 8.61 Å². The highest BCUT2D eigenvalue weighted by atomic mass is 32.2. The molecule has 9 nitrogen and oxygen atoms in total. The number of hydrogen-bond acceptors (Lipinski definition) is 7. The number of nitrogens with zero attached hydrogens (tertiary/aromatic N) is 2. The molecule has 0 atom stereocenters. The van der Waals surface area contributed by atoms with Crippen LogP contribution in [0.5, 0.6) is 0 Å². The number of nitrogens with one attached hydrogen (secondary N) is 1. The third-order valence-corrected chi connectivity index (χ3v) is 10.1. The number of sulfonamides is 2. The Hall–Kier alpha value is -2.31. The zero-order chi connectivity index (χ0) is 24.9. The molecule has 2 saturated heterocycles. The number of anilines is 1. The van der Waals surface area contributed by atoms with E-state index in [0.29, 0.717) is 50.6 Å². The van der Waals surface area contributed by atoms with Gasteiger partial charge in [-0.3, -0.25) is 4.79 Å². The molecule has 2 heterocycles. The van der Waals surface area contributed by atoms with E-state index in [1.807, 2.05) is 0 Å². The highest BCUT2D eigenvalue weighted by Crippen LogP contribution is 2.22. The minimum Gasteiger partial charge on any atom is -0.379 e. The maximum absolute atomic E-state index is 12.9. The Kier molecular flexibility index (Phi) is 8.23. The fraction of sp³-hybridized carbons (Fsp3) is 0.458. The van der Waals surface area contributed by atoms with Gasteiger partial charge >= 0.3 is 0 Å². The van der Waals surface area contributed by atoms with Crippen molar-refractivity contribution in [2.45, 2.75) is 35.5 Å². The maximum Gasteiger partial charge on any atom is 0.243 e. The number of benzene rings is 2. The Labute approximate surface area is 207 Å². The molecule has 2 aromatic rings. The largest absolute Gasteiger partial charge is 0.379 e. The lowest BCUT2D eigenvalue weighted by Gasteiger charge is -2.26. The highest BCUT2D eigenvalue weighted by Gasteiger charge is 2.27. The van der Waals surface area contributed by atoms with Crippen LogP contribution in [0.1, 0.15) is 36.0 Å². The summed E-state index contributed by atoms with van der Waals surface area (Å²) in [6.45, 7) is 2.44. The van der Waals surface area contributed by atoms with E-state index in [9.17, 15) is 21.6 Å². The van der Waals surface area contributed by atoms with Crippen LogP contribution >= 0.6 is 0 Å². The summed E-state index contributed by atoms with van der Waals surface area (Å²) >= 11 is 0. The zero-order valence-electron chi connectivity index (χ0n) is 19.6. The molecular formula is C24H31N3O6S2. The molecule has 0 aliphatic carbocycles. The minimum atomic E-state index is -3.61. The average molecular weight is 522 g/mol. The number of ketones is 1. The highest BCUT2D eigenvalue weighted by molar-refractivity contribution is 7.89. The standard InChI is InChI=1S/C24H31N3O6S2/c28-24(20-5-9-22(10-6-20)35(31,32)27-15-17-33-18-16-27)19-25-21-7-11-23(12-8-21)34(29,30)26-13-3-1-2-4-14-26/h5-12,25H,1-4,13-19H2. The Balaban J connectivity index is 1.35. The first-order valence-corrected chi connectivity index (χ1v) is 14.7. The van der Waals surface area contributed by atoms with Crippen molar-refractivity contribution in [3.63, 3.8) is 0 Å². The van der Waals surface area contributed by atoms with Crippen LogP contribution < -0.4 is 5.32 Å². The second-order valence-electron chi connectivity index (χ2n) is 8.66. The molecule has 4 rings (SSSR count). The van der Waals surface area contributed by atoms with Gasteiger partial charge in [-0.2, -0.15) is 8.61 Å². The summed E-state index contributed by atoms with van der Waals surface area (Å²) in [5, 5.41) is 3.01. The van der Waals surface area contributed by atoms with E-state index in [-0.39, 0.29) is 22.1 Å². The second-order valence-corrected chi connectivity index (χ2v) is 12.5. The molecule has 0 radical (unpaired) electrons. The van der Waals surface area contributed by atoms with E-state index < -0.39 is 20.0 Å². The molecule has 190 valence electrons. The van der Waals surface area contributed by atoms with E-state index in [1.165, 1.54) is 28.6 Å². The van der Waals surface area contributed by atoms with E-state index >= 15 is 0 Å². The molecule has 0 spiro atoms. The zero-order valence-corrected chi connectivity index (χ0v) is 21.2. The third-order valence-electron chi connectivity index (χ3n) is 6.29. The van der Waals surface area contributed by atoms with Crippen molar-refractivity contribution >= 4 is 31.5 Å². The summed E-state index contributed by atoms with van der Waals surface area (Å²) in [6.07, 6.45) is 3.85. The summed E-state index contributed by atoms with van der Waals surface area (Å²) in [5.41, 5.74) is 1.01. The summed E-state index contributed by atoms with van der Waals surface area (Å²) < 4.78 is 59.4. The molecule has 1 N–H and O–H groups in total. The van der Waals surface area contributed by atoms with Gasteiger partial charge in [-0.25, -0.2) is 16.8 Å². The van der Waals surface area contributed by atoms with E-state index in [1.54, 1.807) is 28.6 Å². The summed E-state index contributed by atoms with van der Waals surface area (Å²) in [7, 11) is -7.13. The molecule has 2 aliphatic heterocycles. The van der Waals surface area contributed by atoms with Crippen LogP contribution in [0.2, 0.25) is 0 Å². The van der Waals surface area contributed by atoms with Gasteiger partial charge in [0.05, 0.1) is 29.5 Å². The number of ether oxygens (including phenoxy) is 1. The Bertz CT molecular complexity index is 1220. The number of rotatable bonds is 8. The van der Waals surface area contributed by atoms with E-state index in [2.05, 4.69) is 5.32 Å². The lowest BCUT2D eigenvalue weighted by Crippen LogP contribution is -2.40. The van der Waals surface area contributed by atoms with Gasteiger partial charge < -0.3 is 10.1 Å². The molecule has 0 aromatic heterocycles. The topological polar surface area (TPSA) is 113 Å². The molecule has 2 aromatic carbocycles. The van der Waals surface area contributed by atoms with Gasteiger partial charge in [0.2, 0.25) is 20.0 Å². The summed E-state index contributed by atoms with van der Waals surface area (Å²) in [6, 6.07) is 12.3. The van der Waals surface area contributed by atoms with Gasteiger partial charge in [0, 0.05) is 37.4 Å². The number of carbonyl (C=O) groups excluding carboxylic acids is 1. The first kappa shape index (κ1) is 25.8. The molecule has 0 amide bonds. The van der Waals surface area contributed by atoms with Gasteiger partial charge in [-0.05, 0) is 61.4 Å². The van der Waals surface area contributed by atoms with Crippen LogP contribution in [0.3, 0.4) is 0 Å². The monoisotopic (exact) mass is 521 g/mol. The molecular weight excluding hydrogens is 490 g/mol. The lowest BCUT2D eigenvalue weighted by molar-refractivity contribution is 0.0730. The van der Waals surface area contributed by atoms with Gasteiger partial charge in [-0.15, -0.1) is 0 Å². The molecule has 11 heteroatoms. The van der Waals surface area contributed by atoms with Crippen LogP contribution in [-0.4, -0.2) is 77.2 Å². The van der Waals surface area contributed by atoms with Crippen molar-refractivity contribution in [3.05, 3.63) is 54.1 Å². The van der Waals surface area contributed by atoms with Crippen molar-refractivity contribution in [2.75, 3.05) is 51.3 Å². The number of carbonyl (C=O) groups is 1. The number of hydrogen-bond donors (Lipinski definition) is 1. The Morgan fingerprint density at radius 2 is 1.20 bits per heavy atom. The fourth-order valence-electron chi connectivity index (χ4n) is 4.21. The smallest absolute Gasteiger partial charge is 0.243 e. The van der Waals surface area contributed by atoms with Crippen molar-refractivity contribution < 1.29 is 26.4 Å². The van der Waals surface area contributed by atoms with Crippen LogP contribution in [0.4, 0.5) is 5.69 Å². The molecule has 0 bridgehead atoms. The molecule has 2 aliphatic rings. The van der Waals surface area contributed by atoms with Crippen LogP contribution in [0.25, 0.3) is 0 Å². The lowest BCUT2D eigenvalue weighted by atomic mass is 10.1. The predicted octanol–water partition coefficient (Wildman–Crippen LogP) is 2.57. The van der Waals surface area contributed by atoms with E-state index in [0.717, 1.165) is 25.7 Å². The van der Waals surface area contributed by atoms with Gasteiger partial charge in [-0.1, -0.05) is 12.8 Å². The quantitative estimate of drug-likeness (QED) is 0.531. The summed E-state index contributed by atoms with van der Waals surface area (Å²) in [4.78, 5) is 13.0. The van der Waals surface area contributed by atoms with Gasteiger partial charge in [0.25, 0.3) is 0 Å². The maximum atomic E-state index is 12.9. The summed E-state index contributed by atoms with van der Waals surface area (Å²) in [5.74, 6) is -0.207.